The summed E-state index contributed by atoms with van der Waals surface area (Å²) < 4.78 is 2.23. The van der Waals surface area contributed by atoms with E-state index in [1.165, 1.54) is 11.3 Å². The summed E-state index contributed by atoms with van der Waals surface area (Å²) in [6.45, 7) is 2.32. The number of aromatic nitrogens is 2. The number of benzene rings is 1. The maximum absolute atomic E-state index is 12.4. The van der Waals surface area contributed by atoms with Crippen LogP contribution in [0.25, 0.3) is 10.2 Å². The van der Waals surface area contributed by atoms with Gasteiger partial charge in [-0.1, -0.05) is 11.6 Å². The number of nitrogen functional groups attached to an aromatic ring is 1. The third kappa shape index (κ3) is 2.19. The van der Waals surface area contributed by atoms with E-state index in [1.807, 2.05) is 12.3 Å². The van der Waals surface area contributed by atoms with Gasteiger partial charge >= 0.3 is 0 Å². The molecule has 0 aliphatic heterocycles. The molecule has 2 heterocycles. The molecular weight excluding hydrogens is 294 g/mol. The van der Waals surface area contributed by atoms with Crippen molar-refractivity contribution in [1.29, 1.82) is 0 Å². The number of hydrogen-bond donors (Lipinski definition) is 1. The van der Waals surface area contributed by atoms with Crippen LogP contribution in [0.4, 0.5) is 5.69 Å². The second kappa shape index (κ2) is 4.92. The van der Waals surface area contributed by atoms with Crippen molar-refractivity contribution in [3.8, 4) is 0 Å². The first-order valence-corrected chi connectivity index (χ1v) is 7.29. The Balaban J connectivity index is 2.09. The van der Waals surface area contributed by atoms with Crippen molar-refractivity contribution in [1.82, 2.24) is 9.55 Å². The van der Waals surface area contributed by atoms with Crippen LogP contribution in [0.5, 0.6) is 0 Å². The lowest BCUT2D eigenvalue weighted by molar-refractivity contribution is 0.751. The Bertz CT molecular complexity index is 853. The number of nitrogens with two attached hydrogens (primary N) is 1. The zero-order valence-corrected chi connectivity index (χ0v) is 12.3. The van der Waals surface area contributed by atoms with Crippen molar-refractivity contribution in [2.45, 2.75) is 13.5 Å². The first-order chi connectivity index (χ1) is 9.56. The molecule has 1 aromatic carbocycles. The third-order valence-electron chi connectivity index (χ3n) is 3.17. The fourth-order valence-corrected chi connectivity index (χ4v) is 3.21. The molecule has 0 radical (unpaired) electrons. The molecule has 0 aliphatic rings. The maximum atomic E-state index is 12.4. The maximum Gasteiger partial charge on any atom is 0.271 e. The van der Waals surface area contributed by atoms with Crippen molar-refractivity contribution >= 4 is 38.8 Å². The molecule has 0 saturated heterocycles. The van der Waals surface area contributed by atoms with E-state index < -0.39 is 0 Å². The number of thiophene rings is 1. The monoisotopic (exact) mass is 305 g/mol. The molecule has 0 bridgehead atoms. The van der Waals surface area contributed by atoms with Gasteiger partial charge in [-0.3, -0.25) is 9.36 Å². The first kappa shape index (κ1) is 13.1. The molecule has 4 nitrogen and oxygen atoms in total. The van der Waals surface area contributed by atoms with Gasteiger partial charge in [0.05, 0.1) is 18.4 Å². The van der Waals surface area contributed by atoms with E-state index in [2.05, 4.69) is 4.98 Å². The van der Waals surface area contributed by atoms with Gasteiger partial charge in [0.15, 0.2) is 0 Å². The number of anilines is 1. The Kier molecular flexibility index (Phi) is 3.23. The van der Waals surface area contributed by atoms with Gasteiger partial charge in [0.25, 0.3) is 5.56 Å². The van der Waals surface area contributed by atoms with E-state index >= 15 is 0 Å². The van der Waals surface area contributed by atoms with Gasteiger partial charge in [-0.2, -0.15) is 0 Å². The molecule has 0 aliphatic carbocycles. The molecule has 0 fully saturated rings. The van der Waals surface area contributed by atoms with E-state index in [-0.39, 0.29) is 5.56 Å². The molecule has 3 rings (SSSR count). The predicted octanol–water partition coefficient (Wildman–Crippen LogP) is 3.05. The molecule has 0 saturated carbocycles. The lowest BCUT2D eigenvalue weighted by Crippen LogP contribution is -2.20. The normalized spacial score (nSPS) is 11.1. The summed E-state index contributed by atoms with van der Waals surface area (Å²) in [4.78, 5) is 16.8. The van der Waals surface area contributed by atoms with Crippen LogP contribution in [-0.2, 0) is 6.54 Å². The molecule has 20 heavy (non-hydrogen) atoms. The van der Waals surface area contributed by atoms with Crippen molar-refractivity contribution in [2.75, 3.05) is 5.73 Å². The second-order valence-corrected chi connectivity index (χ2v) is 5.93. The van der Waals surface area contributed by atoms with Gasteiger partial charge in [0.2, 0.25) is 0 Å². The van der Waals surface area contributed by atoms with E-state index in [9.17, 15) is 4.79 Å². The van der Waals surface area contributed by atoms with E-state index in [4.69, 9.17) is 17.3 Å². The van der Waals surface area contributed by atoms with Crippen LogP contribution in [-0.4, -0.2) is 9.55 Å². The Labute approximate surface area is 124 Å². The molecule has 2 N–H and O–H groups in total. The third-order valence-corrected chi connectivity index (χ3v) is 4.48. The van der Waals surface area contributed by atoms with Crippen LogP contribution in [0.15, 0.2) is 34.7 Å². The predicted molar refractivity (Wildman–Crippen MR) is 83.6 cm³/mol. The number of halogens is 1. The van der Waals surface area contributed by atoms with Crippen molar-refractivity contribution in [3.63, 3.8) is 0 Å². The Hall–Kier alpha value is -1.85. The SMILES string of the molecule is Cc1csc2c(=O)n(Cc3cc(Cl)ccc3N)cnc12. The molecule has 3 aromatic rings. The number of nitrogens with zero attached hydrogens (tertiary/aromatic N) is 2. The topological polar surface area (TPSA) is 60.9 Å². The van der Waals surface area contributed by atoms with Gasteiger partial charge in [0, 0.05) is 10.7 Å². The van der Waals surface area contributed by atoms with Crippen LogP contribution in [0.3, 0.4) is 0 Å². The average molecular weight is 306 g/mol. The highest BCUT2D eigenvalue weighted by Gasteiger charge is 2.09. The van der Waals surface area contributed by atoms with Crippen LogP contribution in [0.1, 0.15) is 11.1 Å². The van der Waals surface area contributed by atoms with Crippen LogP contribution >= 0.6 is 22.9 Å². The fourth-order valence-electron chi connectivity index (χ4n) is 2.07. The summed E-state index contributed by atoms with van der Waals surface area (Å²) in [5.74, 6) is 0. The van der Waals surface area contributed by atoms with Crippen LogP contribution in [0.2, 0.25) is 5.02 Å². The first-order valence-electron chi connectivity index (χ1n) is 6.03. The molecule has 2 aromatic heterocycles. The highest BCUT2D eigenvalue weighted by Crippen LogP contribution is 2.21. The molecule has 6 heteroatoms. The van der Waals surface area contributed by atoms with Crippen molar-refractivity contribution in [3.05, 3.63) is 56.4 Å². The average Bonchev–Trinajstić information content (AvgIpc) is 2.79. The second-order valence-electron chi connectivity index (χ2n) is 4.62. The zero-order valence-electron chi connectivity index (χ0n) is 10.8. The Morgan fingerprint density at radius 2 is 2.25 bits per heavy atom. The van der Waals surface area contributed by atoms with Gasteiger partial charge < -0.3 is 5.73 Å². The molecule has 0 amide bonds. The van der Waals surface area contributed by atoms with Gasteiger partial charge in [-0.05, 0) is 41.6 Å². The summed E-state index contributed by atoms with van der Waals surface area (Å²) in [6.07, 6.45) is 1.56. The van der Waals surface area contributed by atoms with Crippen molar-refractivity contribution < 1.29 is 0 Å². The lowest BCUT2D eigenvalue weighted by atomic mass is 10.2. The summed E-state index contributed by atoms with van der Waals surface area (Å²) in [6, 6.07) is 5.24. The minimum absolute atomic E-state index is 0.0486. The van der Waals surface area contributed by atoms with Crippen LogP contribution in [0, 0.1) is 6.92 Å². The summed E-state index contributed by atoms with van der Waals surface area (Å²) >= 11 is 7.38. The lowest BCUT2D eigenvalue weighted by Gasteiger charge is -2.08. The minimum Gasteiger partial charge on any atom is -0.398 e. The standard InChI is InChI=1S/C14H12ClN3OS/c1-8-6-20-13-12(8)17-7-18(14(13)19)5-9-4-10(15)2-3-11(9)16/h2-4,6-7H,5,16H2,1H3. The Morgan fingerprint density at radius 1 is 1.45 bits per heavy atom. The number of fused-ring (bicyclic) bond motifs is 1. The van der Waals surface area contributed by atoms with E-state index in [0.29, 0.717) is 22.0 Å². The van der Waals surface area contributed by atoms with Gasteiger partial charge in [-0.15, -0.1) is 11.3 Å². The summed E-state index contributed by atoms with van der Waals surface area (Å²) in [5.41, 5.74) is 9.09. The van der Waals surface area contributed by atoms with E-state index in [0.717, 1.165) is 16.6 Å². The van der Waals surface area contributed by atoms with E-state index in [1.54, 1.807) is 29.1 Å². The zero-order chi connectivity index (χ0) is 14.3. The van der Waals surface area contributed by atoms with Crippen molar-refractivity contribution in [2.24, 2.45) is 0 Å². The number of rotatable bonds is 2. The highest BCUT2D eigenvalue weighted by atomic mass is 35.5. The quantitative estimate of drug-likeness (QED) is 0.740. The fraction of sp³-hybridized carbons (Fsp3) is 0.143. The van der Waals surface area contributed by atoms with Gasteiger partial charge in [-0.25, -0.2) is 4.98 Å². The molecule has 0 atom stereocenters. The summed E-state index contributed by atoms with van der Waals surface area (Å²) in [5, 5.41) is 2.54. The highest BCUT2D eigenvalue weighted by molar-refractivity contribution is 7.17. The molecular formula is C14H12ClN3OS. The smallest absolute Gasteiger partial charge is 0.271 e. The molecule has 0 spiro atoms. The molecule has 0 unspecified atom stereocenters. The van der Waals surface area contributed by atoms with Gasteiger partial charge in [0.1, 0.15) is 4.70 Å². The Morgan fingerprint density at radius 3 is 3.05 bits per heavy atom. The summed E-state index contributed by atoms with van der Waals surface area (Å²) in [7, 11) is 0. The minimum atomic E-state index is -0.0486. The molecule has 102 valence electrons. The largest absolute Gasteiger partial charge is 0.398 e. The number of hydrogen-bond acceptors (Lipinski definition) is 4. The number of aryl methyl sites for hydroxylation is 1. The van der Waals surface area contributed by atoms with Crippen LogP contribution < -0.4 is 11.3 Å².